The Kier molecular flexibility index (Phi) is 4.70. The van der Waals surface area contributed by atoms with Crippen LogP contribution in [0.2, 0.25) is 0 Å². The van der Waals surface area contributed by atoms with E-state index in [0.717, 1.165) is 5.56 Å². The number of nitrogens with zero attached hydrogens (tertiary/aromatic N) is 2. The van der Waals surface area contributed by atoms with Crippen LogP contribution in [-0.2, 0) is 16.1 Å². The number of fused-ring (bicyclic) bond motifs is 1. The highest BCUT2D eigenvalue weighted by Crippen LogP contribution is 2.42. The molecule has 4 rings (SSSR count). The lowest BCUT2D eigenvalue weighted by Crippen LogP contribution is -2.37. The molecule has 0 aliphatic carbocycles. The molecule has 2 atom stereocenters. The van der Waals surface area contributed by atoms with Crippen molar-refractivity contribution in [3.8, 4) is 0 Å². The standard InChI is InChI=1S/C20H21FN2O3/c21-18-6-2-1-5-17(18)19(24)23-9-16-11-26-14-20(16,12-23)13-25-10-15-4-3-7-22-8-15/h1-8,16H,9-14H2/t16-,20-/m1/s1. The second kappa shape index (κ2) is 7.13. The van der Waals surface area contributed by atoms with Gasteiger partial charge >= 0.3 is 0 Å². The van der Waals surface area contributed by atoms with Crippen LogP contribution in [0.15, 0.2) is 48.8 Å². The number of pyridine rings is 1. The predicted octanol–water partition coefficient (Wildman–Crippen LogP) is 2.53. The van der Waals surface area contributed by atoms with Crippen LogP contribution in [0.1, 0.15) is 15.9 Å². The summed E-state index contributed by atoms with van der Waals surface area (Å²) < 4.78 is 25.6. The minimum absolute atomic E-state index is 0.125. The smallest absolute Gasteiger partial charge is 0.256 e. The zero-order chi connectivity index (χ0) is 18.0. The highest BCUT2D eigenvalue weighted by Gasteiger charge is 2.52. The molecule has 2 aliphatic heterocycles. The summed E-state index contributed by atoms with van der Waals surface area (Å²) in [5.74, 6) is -0.524. The zero-order valence-corrected chi connectivity index (χ0v) is 14.4. The normalized spacial score (nSPS) is 24.7. The Hall–Kier alpha value is -2.31. The lowest BCUT2D eigenvalue weighted by atomic mass is 9.82. The minimum Gasteiger partial charge on any atom is -0.380 e. The van der Waals surface area contributed by atoms with Crippen molar-refractivity contribution in [1.82, 2.24) is 9.88 Å². The monoisotopic (exact) mass is 356 g/mol. The lowest BCUT2D eigenvalue weighted by Gasteiger charge is -2.27. The molecule has 3 heterocycles. The number of ether oxygens (including phenoxy) is 2. The minimum atomic E-state index is -0.479. The Bertz CT molecular complexity index is 786. The summed E-state index contributed by atoms with van der Waals surface area (Å²) in [6.45, 7) is 3.25. The first kappa shape index (κ1) is 17.1. The first-order valence-corrected chi connectivity index (χ1v) is 8.76. The molecule has 0 bridgehead atoms. The molecule has 136 valence electrons. The molecule has 2 saturated heterocycles. The van der Waals surface area contributed by atoms with Crippen molar-refractivity contribution in [2.24, 2.45) is 11.3 Å². The van der Waals surface area contributed by atoms with Gasteiger partial charge in [0.15, 0.2) is 0 Å². The summed E-state index contributed by atoms with van der Waals surface area (Å²) in [5, 5.41) is 0. The van der Waals surface area contributed by atoms with Crippen LogP contribution < -0.4 is 0 Å². The summed E-state index contributed by atoms with van der Waals surface area (Å²) in [6, 6.07) is 9.97. The van der Waals surface area contributed by atoms with E-state index in [9.17, 15) is 9.18 Å². The average molecular weight is 356 g/mol. The van der Waals surface area contributed by atoms with Gasteiger partial charge < -0.3 is 14.4 Å². The SMILES string of the molecule is O=C(c1ccccc1F)N1C[C@@H]2COC[C@]2(COCc2cccnc2)C1. The number of aromatic nitrogens is 1. The molecule has 1 aromatic carbocycles. The fourth-order valence-corrected chi connectivity index (χ4v) is 3.85. The summed E-state index contributed by atoms with van der Waals surface area (Å²) in [5.41, 5.74) is 0.917. The van der Waals surface area contributed by atoms with Crippen molar-refractivity contribution in [3.63, 3.8) is 0 Å². The molecule has 26 heavy (non-hydrogen) atoms. The molecule has 2 fully saturated rings. The van der Waals surface area contributed by atoms with Gasteiger partial charge in [-0.2, -0.15) is 0 Å². The molecule has 2 aromatic rings. The third-order valence-electron chi connectivity index (χ3n) is 5.29. The summed E-state index contributed by atoms with van der Waals surface area (Å²) in [6.07, 6.45) is 3.51. The van der Waals surface area contributed by atoms with E-state index in [-0.39, 0.29) is 22.8 Å². The van der Waals surface area contributed by atoms with Gasteiger partial charge in [-0.05, 0) is 23.8 Å². The van der Waals surface area contributed by atoms with Crippen LogP contribution in [0.4, 0.5) is 4.39 Å². The topological polar surface area (TPSA) is 51.7 Å². The Morgan fingerprint density at radius 3 is 3.04 bits per heavy atom. The van der Waals surface area contributed by atoms with Gasteiger partial charge in [0, 0.05) is 36.8 Å². The van der Waals surface area contributed by atoms with E-state index in [1.165, 1.54) is 12.1 Å². The molecule has 0 radical (unpaired) electrons. The van der Waals surface area contributed by atoms with Crippen LogP contribution in [0.25, 0.3) is 0 Å². The number of amides is 1. The first-order valence-electron chi connectivity index (χ1n) is 8.76. The van der Waals surface area contributed by atoms with Crippen LogP contribution in [0.3, 0.4) is 0 Å². The Labute approximate surface area is 151 Å². The van der Waals surface area contributed by atoms with Gasteiger partial charge in [0.1, 0.15) is 5.82 Å². The number of hydrogen-bond donors (Lipinski definition) is 0. The molecule has 0 saturated carbocycles. The van der Waals surface area contributed by atoms with Gasteiger partial charge in [0.2, 0.25) is 0 Å². The molecular weight excluding hydrogens is 335 g/mol. The van der Waals surface area contributed by atoms with Gasteiger partial charge in [0.05, 0.1) is 32.0 Å². The number of carbonyl (C=O) groups is 1. The maximum absolute atomic E-state index is 14.0. The van der Waals surface area contributed by atoms with E-state index >= 15 is 0 Å². The predicted molar refractivity (Wildman–Crippen MR) is 92.9 cm³/mol. The fraction of sp³-hybridized carbons (Fsp3) is 0.400. The molecule has 5 nitrogen and oxygen atoms in total. The van der Waals surface area contributed by atoms with E-state index in [4.69, 9.17) is 9.47 Å². The van der Waals surface area contributed by atoms with Gasteiger partial charge in [-0.1, -0.05) is 18.2 Å². The van der Waals surface area contributed by atoms with Crippen LogP contribution in [-0.4, -0.2) is 48.7 Å². The Morgan fingerprint density at radius 1 is 1.35 bits per heavy atom. The number of halogens is 1. The number of hydrogen-bond acceptors (Lipinski definition) is 4. The van der Waals surface area contributed by atoms with Crippen molar-refractivity contribution in [2.45, 2.75) is 6.61 Å². The molecule has 1 aromatic heterocycles. The summed E-state index contributed by atoms with van der Waals surface area (Å²) >= 11 is 0. The molecule has 0 unspecified atom stereocenters. The highest BCUT2D eigenvalue weighted by molar-refractivity contribution is 5.94. The average Bonchev–Trinajstić information content (AvgIpc) is 3.20. The third-order valence-corrected chi connectivity index (χ3v) is 5.29. The van der Waals surface area contributed by atoms with E-state index in [1.807, 2.05) is 12.1 Å². The molecular formula is C20H21FN2O3. The van der Waals surface area contributed by atoms with E-state index in [0.29, 0.717) is 39.5 Å². The maximum Gasteiger partial charge on any atom is 0.256 e. The fourth-order valence-electron chi connectivity index (χ4n) is 3.85. The molecule has 6 heteroatoms. The zero-order valence-electron chi connectivity index (χ0n) is 14.4. The second-order valence-electron chi connectivity index (χ2n) is 7.09. The second-order valence-corrected chi connectivity index (χ2v) is 7.09. The van der Waals surface area contributed by atoms with Gasteiger partial charge in [-0.3, -0.25) is 9.78 Å². The van der Waals surface area contributed by atoms with Gasteiger partial charge in [-0.25, -0.2) is 4.39 Å². The Morgan fingerprint density at radius 2 is 2.23 bits per heavy atom. The van der Waals surface area contributed by atoms with Crippen LogP contribution in [0, 0.1) is 17.2 Å². The number of benzene rings is 1. The molecule has 0 N–H and O–H groups in total. The van der Waals surface area contributed by atoms with E-state index in [2.05, 4.69) is 4.98 Å². The number of rotatable bonds is 5. The number of likely N-dealkylation sites (tertiary alicyclic amines) is 1. The van der Waals surface area contributed by atoms with Crippen LogP contribution >= 0.6 is 0 Å². The number of carbonyl (C=O) groups excluding carboxylic acids is 1. The first-order chi connectivity index (χ1) is 12.7. The Balaban J connectivity index is 1.43. The lowest BCUT2D eigenvalue weighted by molar-refractivity contribution is 0.0185. The molecule has 1 amide bonds. The quantitative estimate of drug-likeness (QED) is 0.826. The molecule has 2 aliphatic rings. The van der Waals surface area contributed by atoms with Crippen molar-refractivity contribution in [2.75, 3.05) is 32.9 Å². The van der Waals surface area contributed by atoms with Crippen LogP contribution in [0.5, 0.6) is 0 Å². The van der Waals surface area contributed by atoms with Gasteiger partial charge in [0.25, 0.3) is 5.91 Å². The van der Waals surface area contributed by atoms with Gasteiger partial charge in [-0.15, -0.1) is 0 Å². The summed E-state index contributed by atoms with van der Waals surface area (Å²) in [4.78, 5) is 18.6. The van der Waals surface area contributed by atoms with Crippen molar-refractivity contribution in [3.05, 3.63) is 65.7 Å². The highest BCUT2D eigenvalue weighted by atomic mass is 19.1. The van der Waals surface area contributed by atoms with Crippen molar-refractivity contribution < 1.29 is 18.7 Å². The maximum atomic E-state index is 14.0. The van der Waals surface area contributed by atoms with Crippen molar-refractivity contribution >= 4 is 5.91 Å². The van der Waals surface area contributed by atoms with E-state index in [1.54, 1.807) is 29.4 Å². The van der Waals surface area contributed by atoms with Crippen molar-refractivity contribution in [1.29, 1.82) is 0 Å². The largest absolute Gasteiger partial charge is 0.380 e. The summed E-state index contributed by atoms with van der Waals surface area (Å²) in [7, 11) is 0. The van der Waals surface area contributed by atoms with E-state index < -0.39 is 5.82 Å². The third kappa shape index (κ3) is 3.22. The molecule has 0 spiro atoms.